The molecule has 8 nitrogen and oxygen atoms in total. The number of rotatable bonds is 6. The van der Waals surface area contributed by atoms with Crippen LogP contribution in [0.3, 0.4) is 0 Å². The Bertz CT molecular complexity index is 809. The molecule has 172 valence electrons. The first-order valence-corrected chi connectivity index (χ1v) is 10.9. The number of benzene rings is 1. The van der Waals surface area contributed by atoms with E-state index in [-0.39, 0.29) is 5.91 Å². The molecule has 0 radical (unpaired) electrons. The lowest BCUT2D eigenvalue weighted by Crippen LogP contribution is -2.58. The summed E-state index contributed by atoms with van der Waals surface area (Å²) in [6.45, 7) is 12.1. The zero-order valence-electron chi connectivity index (χ0n) is 19.0. The number of ether oxygens (including phenoxy) is 6. The predicted octanol–water partition coefficient (Wildman–Crippen LogP) is 3.45. The zero-order valence-corrected chi connectivity index (χ0v) is 19.0. The van der Waals surface area contributed by atoms with Gasteiger partial charge < -0.3 is 33.7 Å². The van der Waals surface area contributed by atoms with Crippen LogP contribution in [0, 0.1) is 5.92 Å². The van der Waals surface area contributed by atoms with Crippen LogP contribution in [0.2, 0.25) is 0 Å². The first-order valence-electron chi connectivity index (χ1n) is 10.9. The molecule has 0 aromatic heterocycles. The highest BCUT2D eigenvalue weighted by atomic mass is 16.9. The maximum atomic E-state index is 13.3. The summed E-state index contributed by atoms with van der Waals surface area (Å²) in [6.07, 6.45) is -2.30. The van der Waals surface area contributed by atoms with Crippen LogP contribution >= 0.6 is 0 Å². The van der Waals surface area contributed by atoms with E-state index < -0.39 is 42.3 Å². The topological polar surface area (TPSA) is 84.5 Å². The lowest BCUT2D eigenvalue weighted by atomic mass is 9.98. The van der Waals surface area contributed by atoms with Crippen molar-refractivity contribution in [3.8, 4) is 5.75 Å². The molecule has 1 aromatic carbocycles. The summed E-state index contributed by atoms with van der Waals surface area (Å²) in [5.74, 6) is -0.892. The van der Waals surface area contributed by atoms with E-state index in [0.717, 1.165) is 6.42 Å². The molecule has 3 heterocycles. The van der Waals surface area contributed by atoms with Crippen LogP contribution < -0.4 is 10.1 Å². The summed E-state index contributed by atoms with van der Waals surface area (Å²) in [7, 11) is 0. The minimum Gasteiger partial charge on any atom is -0.491 e. The number of nitrogens with one attached hydrogen (secondary N) is 1. The van der Waals surface area contributed by atoms with Crippen molar-refractivity contribution in [1.82, 2.24) is 0 Å². The van der Waals surface area contributed by atoms with Crippen LogP contribution in [0.1, 0.15) is 48.0 Å². The third-order valence-corrected chi connectivity index (χ3v) is 5.51. The van der Waals surface area contributed by atoms with Crippen LogP contribution in [0.5, 0.6) is 5.75 Å². The van der Waals surface area contributed by atoms with Gasteiger partial charge in [-0.2, -0.15) is 0 Å². The fraction of sp³-hybridized carbons (Fsp3) is 0.696. The molecule has 3 aliphatic heterocycles. The van der Waals surface area contributed by atoms with Crippen LogP contribution in [0.4, 0.5) is 5.69 Å². The fourth-order valence-electron chi connectivity index (χ4n) is 4.13. The molecule has 0 aliphatic carbocycles. The van der Waals surface area contributed by atoms with Crippen molar-refractivity contribution in [3.05, 3.63) is 24.3 Å². The van der Waals surface area contributed by atoms with Crippen LogP contribution in [0.25, 0.3) is 0 Å². The second-order valence-corrected chi connectivity index (χ2v) is 9.61. The van der Waals surface area contributed by atoms with Crippen molar-refractivity contribution in [3.63, 3.8) is 0 Å². The van der Waals surface area contributed by atoms with E-state index in [9.17, 15) is 4.79 Å². The van der Waals surface area contributed by atoms with Gasteiger partial charge in [0.2, 0.25) is 0 Å². The van der Waals surface area contributed by atoms with Crippen molar-refractivity contribution in [2.45, 2.75) is 90.2 Å². The summed E-state index contributed by atoms with van der Waals surface area (Å²) in [6, 6.07) is 7.37. The fourth-order valence-corrected chi connectivity index (χ4v) is 4.13. The SMILES string of the molecule is CC(C)CCOc1ccccc1NC(=O)[C@@H]1O[C@@H]2OC(C)(C)O[C@H]2[C@H]2OC(C)(C)O[C@@H]21. The van der Waals surface area contributed by atoms with Crippen molar-refractivity contribution in [2.75, 3.05) is 11.9 Å². The molecule has 0 spiro atoms. The Morgan fingerprint density at radius 1 is 1.00 bits per heavy atom. The summed E-state index contributed by atoms with van der Waals surface area (Å²) >= 11 is 0. The summed E-state index contributed by atoms with van der Waals surface area (Å²) < 4.78 is 35.9. The van der Waals surface area contributed by atoms with Crippen LogP contribution in [0.15, 0.2) is 24.3 Å². The molecular formula is C23H33NO7. The van der Waals surface area contributed by atoms with E-state index in [1.54, 1.807) is 6.07 Å². The molecule has 3 aliphatic rings. The highest BCUT2D eigenvalue weighted by Crippen LogP contribution is 2.44. The number of anilines is 1. The molecular weight excluding hydrogens is 402 g/mol. The van der Waals surface area contributed by atoms with Gasteiger partial charge in [0.05, 0.1) is 12.3 Å². The van der Waals surface area contributed by atoms with Crippen molar-refractivity contribution in [2.24, 2.45) is 5.92 Å². The monoisotopic (exact) mass is 435 g/mol. The minimum atomic E-state index is -0.922. The summed E-state index contributed by atoms with van der Waals surface area (Å²) in [5, 5.41) is 2.94. The lowest BCUT2D eigenvalue weighted by molar-refractivity contribution is -0.229. The highest BCUT2D eigenvalue weighted by Gasteiger charge is 2.62. The number of amides is 1. The van der Waals surface area contributed by atoms with Gasteiger partial charge in [0.15, 0.2) is 24.0 Å². The number of carbonyl (C=O) groups excluding carboxylic acids is 1. The van der Waals surface area contributed by atoms with E-state index in [1.807, 2.05) is 45.9 Å². The lowest BCUT2D eigenvalue weighted by Gasteiger charge is -2.36. The Hall–Kier alpha value is -1.71. The van der Waals surface area contributed by atoms with Gasteiger partial charge in [-0.15, -0.1) is 0 Å². The normalized spacial score (nSPS) is 33.1. The second kappa shape index (κ2) is 8.33. The summed E-state index contributed by atoms with van der Waals surface area (Å²) in [4.78, 5) is 13.3. The largest absolute Gasteiger partial charge is 0.491 e. The van der Waals surface area contributed by atoms with E-state index in [2.05, 4.69) is 19.2 Å². The van der Waals surface area contributed by atoms with E-state index >= 15 is 0 Å². The number of carbonyl (C=O) groups is 1. The number of fused-ring (bicyclic) bond motifs is 3. The Balaban J connectivity index is 1.51. The third kappa shape index (κ3) is 4.88. The molecule has 0 bridgehead atoms. The second-order valence-electron chi connectivity index (χ2n) is 9.61. The average molecular weight is 436 g/mol. The molecule has 0 saturated carbocycles. The number of hydrogen-bond donors (Lipinski definition) is 1. The molecule has 4 rings (SSSR count). The molecule has 31 heavy (non-hydrogen) atoms. The third-order valence-electron chi connectivity index (χ3n) is 5.51. The molecule has 8 heteroatoms. The minimum absolute atomic E-state index is 0.344. The van der Waals surface area contributed by atoms with Crippen molar-refractivity contribution < 1.29 is 33.2 Å². The quantitative estimate of drug-likeness (QED) is 0.733. The van der Waals surface area contributed by atoms with Gasteiger partial charge in [-0.05, 0) is 52.2 Å². The Morgan fingerprint density at radius 3 is 2.39 bits per heavy atom. The number of hydrogen-bond acceptors (Lipinski definition) is 7. The predicted molar refractivity (Wildman–Crippen MR) is 113 cm³/mol. The Kier molecular flexibility index (Phi) is 6.04. The number of para-hydroxylation sites is 2. The van der Waals surface area contributed by atoms with Crippen LogP contribution in [-0.2, 0) is 28.5 Å². The molecule has 0 unspecified atom stereocenters. The van der Waals surface area contributed by atoms with Gasteiger partial charge in [0.1, 0.15) is 24.1 Å². The maximum Gasteiger partial charge on any atom is 0.256 e. The smallest absolute Gasteiger partial charge is 0.256 e. The molecule has 1 N–H and O–H groups in total. The summed E-state index contributed by atoms with van der Waals surface area (Å²) in [5.41, 5.74) is 0.584. The van der Waals surface area contributed by atoms with Gasteiger partial charge in [0, 0.05) is 0 Å². The zero-order chi connectivity index (χ0) is 22.4. The van der Waals surface area contributed by atoms with Gasteiger partial charge in [0.25, 0.3) is 5.91 Å². The van der Waals surface area contributed by atoms with Crippen molar-refractivity contribution >= 4 is 11.6 Å². The van der Waals surface area contributed by atoms with Crippen molar-refractivity contribution in [1.29, 1.82) is 0 Å². The van der Waals surface area contributed by atoms with Gasteiger partial charge in [-0.25, -0.2) is 0 Å². The molecule has 3 fully saturated rings. The molecule has 1 amide bonds. The van der Waals surface area contributed by atoms with E-state index in [0.29, 0.717) is 24.0 Å². The standard InChI is InChI=1S/C23H33NO7/c1-13(2)11-12-26-15-10-8-7-9-14(15)24-20(25)18-16-17(29-22(3,4)28-16)19-21(27-18)31-23(5,6)30-19/h7-10,13,16-19,21H,11-12H2,1-6H3,(H,24,25)/t16-,17-,18+,19-,21+/m0/s1. The maximum absolute atomic E-state index is 13.3. The van der Waals surface area contributed by atoms with E-state index in [1.165, 1.54) is 0 Å². The van der Waals surface area contributed by atoms with Crippen LogP contribution in [-0.4, -0.2) is 54.8 Å². The van der Waals surface area contributed by atoms with Gasteiger partial charge >= 0.3 is 0 Å². The molecule has 3 saturated heterocycles. The highest BCUT2D eigenvalue weighted by molar-refractivity contribution is 5.96. The van der Waals surface area contributed by atoms with E-state index in [4.69, 9.17) is 28.4 Å². The molecule has 1 aromatic rings. The first-order chi connectivity index (χ1) is 14.5. The first kappa shape index (κ1) is 22.5. The average Bonchev–Trinajstić information content (AvgIpc) is 3.15. The molecule has 5 atom stereocenters. The Morgan fingerprint density at radius 2 is 1.65 bits per heavy atom. The van der Waals surface area contributed by atoms with Gasteiger partial charge in [-0.1, -0.05) is 26.0 Å². The van der Waals surface area contributed by atoms with Gasteiger partial charge in [-0.3, -0.25) is 4.79 Å². The Labute approximate surface area is 183 Å².